The molecule has 2 aliphatic rings. The monoisotopic (exact) mass is 390 g/mol. The molecule has 2 aliphatic heterocycles. The Morgan fingerprint density at radius 2 is 1.90 bits per heavy atom. The summed E-state index contributed by atoms with van der Waals surface area (Å²) >= 11 is 0. The third kappa shape index (κ3) is 4.45. The van der Waals surface area contributed by atoms with Gasteiger partial charge in [0, 0.05) is 25.0 Å². The van der Waals surface area contributed by atoms with E-state index in [0.717, 1.165) is 35.9 Å². The van der Waals surface area contributed by atoms with Crippen LogP contribution < -0.4 is 10.7 Å². The van der Waals surface area contributed by atoms with Crippen LogP contribution in [0.5, 0.6) is 0 Å². The summed E-state index contributed by atoms with van der Waals surface area (Å²) in [7, 11) is 0. The van der Waals surface area contributed by atoms with Crippen molar-refractivity contribution in [2.24, 2.45) is 16.8 Å². The number of ether oxygens (including phenoxy) is 1. The van der Waals surface area contributed by atoms with E-state index >= 15 is 0 Å². The highest BCUT2D eigenvalue weighted by Crippen LogP contribution is 2.36. The highest BCUT2D eigenvalue weighted by molar-refractivity contribution is 5.95. The zero-order chi connectivity index (χ0) is 20.8. The molecule has 29 heavy (non-hydrogen) atoms. The number of rotatable bonds is 2. The molecule has 4 rings (SSSR count). The standard InChI is InChI=1S/C20H18N4O.C2H4O2/c21-12-17-16-10-11-25-13-18(16)23-24(20(17)22)19-9-5-4-8-15(19)14-6-2-1-3-7-14;1-2(3)4/h1-9,16H,10-11,13,22H2;1H3,(H,3,4). The number of allylic oxidation sites excluding steroid dienone is 1. The van der Waals surface area contributed by atoms with Crippen LogP contribution in [0, 0.1) is 17.2 Å². The predicted octanol–water partition coefficient (Wildman–Crippen LogP) is 3.35. The number of fused-ring (bicyclic) bond motifs is 1. The molecule has 0 bridgehead atoms. The third-order valence-corrected chi connectivity index (χ3v) is 4.62. The van der Waals surface area contributed by atoms with E-state index < -0.39 is 5.97 Å². The van der Waals surface area contributed by atoms with E-state index in [0.29, 0.717) is 24.6 Å². The molecule has 2 heterocycles. The maximum atomic E-state index is 9.64. The lowest BCUT2D eigenvalue weighted by Crippen LogP contribution is -2.39. The summed E-state index contributed by atoms with van der Waals surface area (Å²) in [5.74, 6) is -0.458. The number of aliphatic carboxylic acids is 1. The van der Waals surface area contributed by atoms with Crippen LogP contribution in [0.25, 0.3) is 11.1 Å². The first-order valence-corrected chi connectivity index (χ1v) is 9.22. The van der Waals surface area contributed by atoms with Crippen LogP contribution in [0.15, 0.2) is 71.1 Å². The fourth-order valence-corrected chi connectivity index (χ4v) is 3.37. The summed E-state index contributed by atoms with van der Waals surface area (Å²) in [5, 5.41) is 23.5. The summed E-state index contributed by atoms with van der Waals surface area (Å²) in [6, 6.07) is 20.3. The smallest absolute Gasteiger partial charge is 0.300 e. The van der Waals surface area contributed by atoms with Crippen LogP contribution >= 0.6 is 0 Å². The second-order valence-electron chi connectivity index (χ2n) is 6.61. The van der Waals surface area contributed by atoms with Gasteiger partial charge in [-0.25, -0.2) is 5.01 Å². The molecule has 0 saturated carbocycles. The maximum absolute atomic E-state index is 9.64. The van der Waals surface area contributed by atoms with Gasteiger partial charge in [0.2, 0.25) is 0 Å². The number of para-hydroxylation sites is 1. The van der Waals surface area contributed by atoms with E-state index in [-0.39, 0.29) is 5.92 Å². The minimum Gasteiger partial charge on any atom is -0.481 e. The number of hydrogen-bond acceptors (Lipinski definition) is 6. The van der Waals surface area contributed by atoms with Gasteiger partial charge in [-0.05, 0) is 18.1 Å². The fraction of sp³-hybridized carbons (Fsp3) is 0.227. The van der Waals surface area contributed by atoms with Gasteiger partial charge in [-0.15, -0.1) is 0 Å². The fourth-order valence-electron chi connectivity index (χ4n) is 3.37. The van der Waals surface area contributed by atoms with E-state index in [1.165, 1.54) is 0 Å². The number of nitrogens with two attached hydrogens (primary N) is 1. The molecule has 3 N–H and O–H groups in total. The molecule has 0 aromatic heterocycles. The Morgan fingerprint density at radius 1 is 1.24 bits per heavy atom. The number of benzene rings is 2. The second kappa shape index (κ2) is 9.04. The van der Waals surface area contributed by atoms with Crippen LogP contribution in [0.1, 0.15) is 13.3 Å². The Kier molecular flexibility index (Phi) is 6.27. The number of carboxylic acids is 1. The van der Waals surface area contributed by atoms with Gasteiger partial charge in [-0.1, -0.05) is 48.5 Å². The van der Waals surface area contributed by atoms with Crippen LogP contribution in [-0.2, 0) is 9.53 Å². The highest BCUT2D eigenvalue weighted by Gasteiger charge is 2.34. The predicted molar refractivity (Wildman–Crippen MR) is 111 cm³/mol. The lowest BCUT2D eigenvalue weighted by Gasteiger charge is -2.34. The van der Waals surface area contributed by atoms with E-state index in [4.69, 9.17) is 25.5 Å². The molecule has 0 amide bonds. The highest BCUT2D eigenvalue weighted by atomic mass is 16.5. The van der Waals surface area contributed by atoms with Gasteiger partial charge in [0.25, 0.3) is 5.97 Å². The van der Waals surface area contributed by atoms with Crippen LogP contribution in [-0.4, -0.2) is 30.0 Å². The Bertz CT molecular complexity index is 989. The maximum Gasteiger partial charge on any atom is 0.300 e. The summed E-state index contributed by atoms with van der Waals surface area (Å²) < 4.78 is 5.54. The number of hydrogen-bond donors (Lipinski definition) is 2. The number of carboxylic acid groups (broad SMARTS) is 1. The molecule has 1 unspecified atom stereocenters. The first-order valence-electron chi connectivity index (χ1n) is 9.22. The lowest BCUT2D eigenvalue weighted by molar-refractivity contribution is -0.134. The first-order chi connectivity index (χ1) is 14.0. The number of carbonyl (C=O) groups is 1. The quantitative estimate of drug-likeness (QED) is 0.813. The number of hydrazone groups is 1. The van der Waals surface area contributed by atoms with Crippen molar-refractivity contribution in [1.29, 1.82) is 5.26 Å². The van der Waals surface area contributed by atoms with Crippen molar-refractivity contribution in [2.45, 2.75) is 13.3 Å². The zero-order valence-corrected chi connectivity index (χ0v) is 16.1. The van der Waals surface area contributed by atoms with Crippen LogP contribution in [0.2, 0.25) is 0 Å². The van der Waals surface area contributed by atoms with E-state index in [1.54, 1.807) is 5.01 Å². The van der Waals surface area contributed by atoms with Crippen molar-refractivity contribution in [3.05, 3.63) is 66.0 Å². The molecule has 2 aromatic rings. The van der Waals surface area contributed by atoms with Crippen LogP contribution in [0.4, 0.5) is 5.69 Å². The Morgan fingerprint density at radius 3 is 2.59 bits per heavy atom. The molecule has 148 valence electrons. The summed E-state index contributed by atoms with van der Waals surface area (Å²) in [6.07, 6.45) is 0.747. The second-order valence-corrected chi connectivity index (χ2v) is 6.61. The molecule has 0 aliphatic carbocycles. The number of nitriles is 1. The van der Waals surface area contributed by atoms with E-state index in [2.05, 4.69) is 6.07 Å². The van der Waals surface area contributed by atoms with Gasteiger partial charge in [0.15, 0.2) is 0 Å². The van der Waals surface area contributed by atoms with Crippen LogP contribution in [0.3, 0.4) is 0 Å². The van der Waals surface area contributed by atoms with E-state index in [1.807, 2.05) is 54.6 Å². The Hall–Kier alpha value is -3.63. The van der Waals surface area contributed by atoms with E-state index in [9.17, 15) is 5.26 Å². The molecule has 2 aromatic carbocycles. The Balaban J connectivity index is 0.000000552. The van der Waals surface area contributed by atoms with Crippen molar-refractivity contribution in [3.8, 4) is 17.2 Å². The number of anilines is 1. The molecular weight excluding hydrogens is 368 g/mol. The first kappa shape index (κ1) is 20.1. The van der Waals surface area contributed by atoms with Crippen molar-refractivity contribution in [3.63, 3.8) is 0 Å². The molecular formula is C22H22N4O3. The average Bonchev–Trinajstić information content (AvgIpc) is 2.74. The topological polar surface area (TPSA) is 112 Å². The Labute approximate surface area is 169 Å². The van der Waals surface area contributed by atoms with Crippen molar-refractivity contribution >= 4 is 17.4 Å². The molecule has 0 spiro atoms. The van der Waals surface area contributed by atoms with Gasteiger partial charge in [0.1, 0.15) is 5.82 Å². The number of nitrogens with zero attached hydrogens (tertiary/aromatic N) is 3. The van der Waals surface area contributed by atoms with Crippen molar-refractivity contribution < 1.29 is 14.6 Å². The summed E-state index contributed by atoms with van der Waals surface area (Å²) in [6.45, 7) is 2.15. The van der Waals surface area contributed by atoms with Gasteiger partial charge < -0.3 is 15.6 Å². The molecule has 1 saturated heterocycles. The normalized spacial score (nSPS) is 18.0. The summed E-state index contributed by atoms with van der Waals surface area (Å²) in [4.78, 5) is 9.00. The van der Waals surface area contributed by atoms with Gasteiger partial charge >= 0.3 is 0 Å². The molecule has 7 nitrogen and oxygen atoms in total. The van der Waals surface area contributed by atoms with Crippen molar-refractivity contribution in [1.82, 2.24) is 0 Å². The third-order valence-electron chi connectivity index (χ3n) is 4.62. The van der Waals surface area contributed by atoms with Gasteiger partial charge in [-0.3, -0.25) is 4.79 Å². The minimum atomic E-state index is -0.833. The average molecular weight is 390 g/mol. The van der Waals surface area contributed by atoms with Crippen molar-refractivity contribution in [2.75, 3.05) is 18.2 Å². The largest absolute Gasteiger partial charge is 0.481 e. The summed E-state index contributed by atoms with van der Waals surface area (Å²) in [5.41, 5.74) is 10.7. The molecule has 0 radical (unpaired) electrons. The minimum absolute atomic E-state index is 0.0288. The molecule has 1 fully saturated rings. The molecule has 1 atom stereocenters. The van der Waals surface area contributed by atoms with Gasteiger partial charge in [0.05, 0.1) is 29.6 Å². The zero-order valence-electron chi connectivity index (χ0n) is 16.1. The lowest BCUT2D eigenvalue weighted by atomic mass is 9.89. The SMILES string of the molecule is CC(=O)O.N#CC1=C(N)N(c2ccccc2-c2ccccc2)N=C2COCCC21. The molecule has 7 heteroatoms. The van der Waals surface area contributed by atoms with Gasteiger partial charge in [-0.2, -0.15) is 10.4 Å².